The number of aryl methyl sites for hydroxylation is 1. The molecule has 1 aliphatic heterocycles. The van der Waals surface area contributed by atoms with E-state index in [1.165, 1.54) is 13.2 Å². The minimum atomic E-state index is -0.732. The van der Waals surface area contributed by atoms with Crippen LogP contribution in [0, 0.1) is 6.92 Å². The molecule has 0 unspecified atom stereocenters. The summed E-state index contributed by atoms with van der Waals surface area (Å²) in [7, 11) is 1.29. The molecule has 1 aliphatic carbocycles. The number of methoxy groups -OCH3 is 1. The van der Waals surface area contributed by atoms with Gasteiger partial charge in [0.15, 0.2) is 0 Å². The Morgan fingerprint density at radius 1 is 1.41 bits per heavy atom. The van der Waals surface area contributed by atoms with Crippen LogP contribution < -0.4 is 5.32 Å². The van der Waals surface area contributed by atoms with E-state index in [4.69, 9.17) is 4.42 Å². The number of carbonyl (C=O) groups excluding carboxylic acids is 3. The average Bonchev–Trinajstić information content (AvgIpc) is 3.15. The third kappa shape index (κ3) is 2.17. The summed E-state index contributed by atoms with van der Waals surface area (Å²) in [5, 5.41) is 2.81. The van der Waals surface area contributed by atoms with Crippen LogP contribution in [0.2, 0.25) is 0 Å². The maximum Gasteiger partial charge on any atom is 0.341 e. The van der Waals surface area contributed by atoms with E-state index in [0.717, 1.165) is 17.7 Å². The second kappa shape index (κ2) is 5.15. The first-order valence-electron chi connectivity index (χ1n) is 7.28. The van der Waals surface area contributed by atoms with Gasteiger partial charge in [0.2, 0.25) is 0 Å². The molecule has 3 amide bonds. The summed E-state index contributed by atoms with van der Waals surface area (Å²) in [5.74, 6) is 0.0848. The molecular formula is C15H18N2O5. The van der Waals surface area contributed by atoms with Crippen molar-refractivity contribution in [1.29, 1.82) is 0 Å². The molecule has 1 N–H and O–H groups in total. The number of ether oxygens (including phenoxy) is 1. The molecule has 1 spiro atoms. The Bertz CT molecular complexity index is 642. The lowest BCUT2D eigenvalue weighted by Crippen LogP contribution is -2.44. The SMILES string of the molecule is COC(=O)c1cc(CN2C(=O)NC3(CCCC3)C2=O)oc1C. The summed E-state index contributed by atoms with van der Waals surface area (Å²) in [6.45, 7) is 1.66. The number of urea groups is 1. The van der Waals surface area contributed by atoms with Gasteiger partial charge in [-0.1, -0.05) is 12.8 Å². The quantitative estimate of drug-likeness (QED) is 0.678. The highest BCUT2D eigenvalue weighted by Gasteiger charge is 2.52. The van der Waals surface area contributed by atoms with Gasteiger partial charge in [0.1, 0.15) is 22.6 Å². The lowest BCUT2D eigenvalue weighted by molar-refractivity contribution is -0.131. The standard InChI is InChI=1S/C15H18N2O5/c1-9-11(12(18)21-2)7-10(22-9)8-17-13(19)15(16-14(17)20)5-3-4-6-15/h7H,3-6,8H2,1-2H3,(H,16,20). The maximum atomic E-state index is 12.5. The van der Waals surface area contributed by atoms with Crippen LogP contribution in [0.1, 0.15) is 47.6 Å². The number of hydrogen-bond acceptors (Lipinski definition) is 5. The van der Waals surface area contributed by atoms with Crippen molar-refractivity contribution in [1.82, 2.24) is 10.2 Å². The first kappa shape index (κ1) is 14.6. The highest BCUT2D eigenvalue weighted by molar-refractivity contribution is 6.07. The van der Waals surface area contributed by atoms with Gasteiger partial charge in [-0.25, -0.2) is 9.59 Å². The number of imide groups is 1. The van der Waals surface area contributed by atoms with Crippen molar-refractivity contribution in [3.05, 3.63) is 23.2 Å². The van der Waals surface area contributed by atoms with Gasteiger partial charge in [-0.2, -0.15) is 0 Å². The summed E-state index contributed by atoms with van der Waals surface area (Å²) in [6.07, 6.45) is 3.23. The molecule has 0 bridgehead atoms. The second-order valence-corrected chi connectivity index (χ2v) is 5.78. The lowest BCUT2D eigenvalue weighted by Gasteiger charge is -2.19. The van der Waals surface area contributed by atoms with E-state index in [0.29, 0.717) is 29.9 Å². The molecule has 118 valence electrons. The number of esters is 1. The van der Waals surface area contributed by atoms with Crippen LogP contribution in [0.15, 0.2) is 10.5 Å². The molecule has 3 rings (SSSR count). The predicted molar refractivity (Wildman–Crippen MR) is 75.1 cm³/mol. The molecular weight excluding hydrogens is 288 g/mol. The Hall–Kier alpha value is -2.31. The summed E-state index contributed by atoms with van der Waals surface area (Å²) in [4.78, 5) is 37.4. The molecule has 7 heteroatoms. The molecule has 0 radical (unpaired) electrons. The molecule has 1 aromatic heterocycles. The summed E-state index contributed by atoms with van der Waals surface area (Å²) in [6, 6.07) is 1.11. The fourth-order valence-corrected chi connectivity index (χ4v) is 3.23. The fraction of sp³-hybridized carbons (Fsp3) is 0.533. The third-order valence-corrected chi connectivity index (χ3v) is 4.39. The Morgan fingerprint density at radius 2 is 2.09 bits per heavy atom. The molecule has 1 saturated carbocycles. The number of hydrogen-bond donors (Lipinski definition) is 1. The van der Waals surface area contributed by atoms with Gasteiger partial charge >= 0.3 is 12.0 Å². The van der Waals surface area contributed by atoms with Crippen molar-refractivity contribution in [2.24, 2.45) is 0 Å². The molecule has 22 heavy (non-hydrogen) atoms. The van der Waals surface area contributed by atoms with Gasteiger partial charge in [0.05, 0.1) is 13.7 Å². The van der Waals surface area contributed by atoms with Crippen LogP contribution in [-0.2, 0) is 16.1 Å². The number of furan rings is 1. The van der Waals surface area contributed by atoms with Crippen molar-refractivity contribution >= 4 is 17.9 Å². The number of nitrogens with zero attached hydrogens (tertiary/aromatic N) is 1. The Morgan fingerprint density at radius 3 is 2.73 bits per heavy atom. The van der Waals surface area contributed by atoms with Gasteiger partial charge in [-0.15, -0.1) is 0 Å². The van der Waals surface area contributed by atoms with Gasteiger partial charge in [-0.3, -0.25) is 9.69 Å². The van der Waals surface area contributed by atoms with E-state index in [1.807, 2.05) is 0 Å². The van der Waals surface area contributed by atoms with Gasteiger partial charge in [0, 0.05) is 0 Å². The summed E-state index contributed by atoms with van der Waals surface area (Å²) in [5.41, 5.74) is -0.427. The molecule has 0 aromatic carbocycles. The molecule has 0 atom stereocenters. The zero-order valence-corrected chi connectivity index (χ0v) is 12.6. The van der Waals surface area contributed by atoms with E-state index >= 15 is 0 Å². The number of rotatable bonds is 3. The molecule has 7 nitrogen and oxygen atoms in total. The normalized spacial score (nSPS) is 19.8. The first-order chi connectivity index (χ1) is 10.5. The van der Waals surface area contributed by atoms with E-state index in [-0.39, 0.29) is 12.5 Å². The van der Waals surface area contributed by atoms with Gasteiger partial charge < -0.3 is 14.5 Å². The first-order valence-corrected chi connectivity index (χ1v) is 7.28. The predicted octanol–water partition coefficient (Wildman–Crippen LogP) is 1.74. The van der Waals surface area contributed by atoms with E-state index in [9.17, 15) is 14.4 Å². The Labute approximate surface area is 127 Å². The zero-order chi connectivity index (χ0) is 15.9. The van der Waals surface area contributed by atoms with E-state index in [2.05, 4.69) is 10.1 Å². The van der Waals surface area contributed by atoms with E-state index in [1.54, 1.807) is 6.92 Å². The fourth-order valence-electron chi connectivity index (χ4n) is 3.23. The van der Waals surface area contributed by atoms with Crippen LogP contribution in [0.4, 0.5) is 4.79 Å². The summed E-state index contributed by atoms with van der Waals surface area (Å²) >= 11 is 0. The topological polar surface area (TPSA) is 88.9 Å². The lowest BCUT2D eigenvalue weighted by atomic mass is 9.98. The molecule has 2 fully saturated rings. The largest absolute Gasteiger partial charge is 0.465 e. The smallest absolute Gasteiger partial charge is 0.341 e. The van der Waals surface area contributed by atoms with Crippen molar-refractivity contribution in [2.75, 3.05) is 7.11 Å². The molecule has 2 aliphatic rings. The zero-order valence-electron chi connectivity index (χ0n) is 12.6. The maximum absolute atomic E-state index is 12.5. The monoisotopic (exact) mass is 306 g/mol. The number of nitrogens with one attached hydrogen (secondary N) is 1. The minimum absolute atomic E-state index is 0.0181. The van der Waals surface area contributed by atoms with Gasteiger partial charge in [-0.05, 0) is 25.8 Å². The summed E-state index contributed by atoms with van der Waals surface area (Å²) < 4.78 is 10.1. The van der Waals surface area contributed by atoms with Crippen LogP contribution in [0.3, 0.4) is 0 Å². The molecule has 2 heterocycles. The Balaban J connectivity index is 1.80. The van der Waals surface area contributed by atoms with Crippen LogP contribution >= 0.6 is 0 Å². The number of amides is 3. The molecule has 1 aromatic rings. The third-order valence-electron chi connectivity index (χ3n) is 4.39. The van der Waals surface area contributed by atoms with Crippen molar-refractivity contribution in [3.8, 4) is 0 Å². The van der Waals surface area contributed by atoms with E-state index < -0.39 is 17.5 Å². The average molecular weight is 306 g/mol. The second-order valence-electron chi connectivity index (χ2n) is 5.78. The highest BCUT2D eigenvalue weighted by atomic mass is 16.5. The van der Waals surface area contributed by atoms with Crippen molar-refractivity contribution in [3.63, 3.8) is 0 Å². The number of carbonyl (C=O) groups is 3. The Kier molecular flexibility index (Phi) is 3.42. The molecule has 1 saturated heterocycles. The van der Waals surface area contributed by atoms with Crippen LogP contribution in [0.5, 0.6) is 0 Å². The van der Waals surface area contributed by atoms with Gasteiger partial charge in [0.25, 0.3) is 5.91 Å². The van der Waals surface area contributed by atoms with Crippen LogP contribution in [-0.4, -0.2) is 35.5 Å². The minimum Gasteiger partial charge on any atom is -0.465 e. The highest BCUT2D eigenvalue weighted by Crippen LogP contribution is 2.35. The van der Waals surface area contributed by atoms with Crippen molar-refractivity contribution in [2.45, 2.75) is 44.7 Å². The van der Waals surface area contributed by atoms with Crippen molar-refractivity contribution < 1.29 is 23.5 Å². The van der Waals surface area contributed by atoms with Crippen LogP contribution in [0.25, 0.3) is 0 Å².